The van der Waals surface area contributed by atoms with Crippen LogP contribution >= 0.6 is 0 Å². The molecule has 0 saturated carbocycles. The minimum Gasteiger partial charge on any atom is -0.357 e. The molecule has 3 rings (SSSR count). The quantitative estimate of drug-likeness (QED) is 0.793. The third-order valence-electron chi connectivity index (χ3n) is 5.66. The summed E-state index contributed by atoms with van der Waals surface area (Å²) in [6, 6.07) is 9.65. The molecule has 1 aliphatic rings. The largest absolute Gasteiger partial charge is 0.357 e. The zero-order valence-corrected chi connectivity index (χ0v) is 18.8. The zero-order chi connectivity index (χ0) is 22.1. The van der Waals surface area contributed by atoms with Crippen LogP contribution < -0.4 is 10.6 Å². The smallest absolute Gasteiger partial charge is 0.272 e. The van der Waals surface area contributed by atoms with Crippen LogP contribution in [0, 0.1) is 5.41 Å². The van der Waals surface area contributed by atoms with Gasteiger partial charge in [-0.05, 0) is 19.3 Å². The molecule has 0 bridgehead atoms. The van der Waals surface area contributed by atoms with E-state index in [1.54, 1.807) is 7.05 Å². The van der Waals surface area contributed by atoms with Gasteiger partial charge >= 0.3 is 0 Å². The van der Waals surface area contributed by atoms with Gasteiger partial charge in [0.15, 0.2) is 5.69 Å². The van der Waals surface area contributed by atoms with Crippen molar-refractivity contribution < 1.29 is 9.59 Å². The van der Waals surface area contributed by atoms with Gasteiger partial charge in [-0.15, -0.1) is 0 Å². The molecule has 0 unspecified atom stereocenters. The zero-order valence-electron chi connectivity index (χ0n) is 18.8. The van der Waals surface area contributed by atoms with E-state index < -0.39 is 11.5 Å². The number of rotatable bonds is 5. The normalized spacial score (nSPS) is 15.6. The van der Waals surface area contributed by atoms with Gasteiger partial charge in [0.2, 0.25) is 5.91 Å². The molecular formula is C23H33N5O2. The van der Waals surface area contributed by atoms with E-state index in [2.05, 4.69) is 33.9 Å². The number of hydrogen-bond donors (Lipinski definition) is 2. The van der Waals surface area contributed by atoms with E-state index >= 15 is 0 Å². The SMILES string of the molecule is CNC(=O)[C@@H](NC(=O)c1nc(-c2ccccc2)n2c1CN(C(C)C)CC2)C(C)(C)C. The molecule has 1 aromatic carbocycles. The number of nitrogens with one attached hydrogen (secondary N) is 2. The minimum absolute atomic E-state index is 0.212. The Morgan fingerprint density at radius 1 is 1.10 bits per heavy atom. The number of amides is 2. The van der Waals surface area contributed by atoms with Crippen molar-refractivity contribution in [1.82, 2.24) is 25.1 Å². The van der Waals surface area contributed by atoms with Crippen LogP contribution in [0.15, 0.2) is 30.3 Å². The Bertz CT molecular complexity index is 912. The van der Waals surface area contributed by atoms with Crippen molar-refractivity contribution in [3.8, 4) is 11.4 Å². The van der Waals surface area contributed by atoms with Gasteiger partial charge in [-0.3, -0.25) is 14.5 Å². The first kappa shape index (κ1) is 22.0. The van der Waals surface area contributed by atoms with Crippen molar-refractivity contribution in [3.05, 3.63) is 41.7 Å². The van der Waals surface area contributed by atoms with Crippen LogP contribution in [-0.2, 0) is 17.9 Å². The number of aromatic nitrogens is 2. The van der Waals surface area contributed by atoms with Gasteiger partial charge in [-0.1, -0.05) is 51.1 Å². The highest BCUT2D eigenvalue weighted by atomic mass is 16.2. The molecule has 2 aromatic rings. The number of nitrogens with zero attached hydrogens (tertiary/aromatic N) is 3. The lowest BCUT2D eigenvalue weighted by Gasteiger charge is -2.32. The Morgan fingerprint density at radius 3 is 2.33 bits per heavy atom. The fraction of sp³-hybridized carbons (Fsp3) is 0.522. The summed E-state index contributed by atoms with van der Waals surface area (Å²) < 4.78 is 2.15. The highest BCUT2D eigenvalue weighted by Crippen LogP contribution is 2.28. The summed E-state index contributed by atoms with van der Waals surface area (Å²) in [5.74, 6) is 0.275. The molecule has 1 aromatic heterocycles. The molecule has 0 saturated heterocycles. The molecule has 2 heterocycles. The average molecular weight is 412 g/mol. The van der Waals surface area contributed by atoms with Crippen LogP contribution in [0.3, 0.4) is 0 Å². The Hall–Kier alpha value is -2.67. The fourth-order valence-corrected chi connectivity index (χ4v) is 3.84. The fourth-order valence-electron chi connectivity index (χ4n) is 3.84. The second-order valence-corrected chi connectivity index (χ2v) is 9.20. The third kappa shape index (κ3) is 4.41. The maximum Gasteiger partial charge on any atom is 0.272 e. The van der Waals surface area contributed by atoms with Gasteiger partial charge in [-0.2, -0.15) is 0 Å². The molecule has 2 N–H and O–H groups in total. The van der Waals surface area contributed by atoms with Crippen molar-refractivity contribution in [2.75, 3.05) is 13.6 Å². The highest BCUT2D eigenvalue weighted by molar-refractivity contribution is 5.97. The summed E-state index contributed by atoms with van der Waals surface area (Å²) in [7, 11) is 1.58. The Morgan fingerprint density at radius 2 is 1.77 bits per heavy atom. The van der Waals surface area contributed by atoms with Crippen LogP contribution in [0.4, 0.5) is 0 Å². The lowest BCUT2D eigenvalue weighted by molar-refractivity contribution is -0.124. The molecule has 0 radical (unpaired) electrons. The average Bonchev–Trinajstić information content (AvgIpc) is 3.10. The summed E-state index contributed by atoms with van der Waals surface area (Å²) in [5, 5.41) is 5.59. The molecule has 0 aliphatic carbocycles. The Kier molecular flexibility index (Phi) is 6.31. The summed E-state index contributed by atoms with van der Waals surface area (Å²) in [6.07, 6.45) is 0. The maximum atomic E-state index is 13.3. The molecule has 0 spiro atoms. The lowest BCUT2D eigenvalue weighted by Crippen LogP contribution is -2.53. The van der Waals surface area contributed by atoms with Crippen LogP contribution in [0.5, 0.6) is 0 Å². The predicted molar refractivity (Wildman–Crippen MR) is 118 cm³/mol. The van der Waals surface area contributed by atoms with Crippen LogP contribution in [0.1, 0.15) is 50.8 Å². The van der Waals surface area contributed by atoms with E-state index in [0.717, 1.165) is 30.2 Å². The maximum absolute atomic E-state index is 13.3. The first-order valence-electron chi connectivity index (χ1n) is 10.5. The number of carbonyl (C=O) groups is 2. The van der Waals surface area contributed by atoms with Gasteiger partial charge < -0.3 is 15.2 Å². The summed E-state index contributed by atoms with van der Waals surface area (Å²) in [5.41, 5.74) is 1.85. The van der Waals surface area contributed by atoms with Gasteiger partial charge in [0.05, 0.1) is 5.69 Å². The van der Waals surface area contributed by atoms with Gasteiger partial charge in [0.1, 0.15) is 11.9 Å². The van der Waals surface area contributed by atoms with Crippen molar-refractivity contribution in [1.29, 1.82) is 0 Å². The highest BCUT2D eigenvalue weighted by Gasteiger charge is 2.35. The number of fused-ring (bicyclic) bond motifs is 1. The van der Waals surface area contributed by atoms with E-state index in [9.17, 15) is 9.59 Å². The van der Waals surface area contributed by atoms with Gasteiger partial charge in [-0.25, -0.2) is 4.98 Å². The van der Waals surface area contributed by atoms with E-state index in [0.29, 0.717) is 18.3 Å². The molecule has 7 nitrogen and oxygen atoms in total. The molecule has 1 aliphatic heterocycles. The van der Waals surface area contributed by atoms with Crippen LogP contribution in [-0.4, -0.2) is 51.9 Å². The molecule has 30 heavy (non-hydrogen) atoms. The summed E-state index contributed by atoms with van der Waals surface area (Å²) in [6.45, 7) is 12.5. The van der Waals surface area contributed by atoms with E-state index in [-0.39, 0.29) is 11.8 Å². The molecule has 162 valence electrons. The number of carbonyl (C=O) groups excluding carboxylic acids is 2. The molecule has 1 atom stereocenters. The van der Waals surface area contributed by atoms with Gasteiger partial charge in [0.25, 0.3) is 5.91 Å². The molecule has 2 amide bonds. The molecule has 7 heteroatoms. The van der Waals surface area contributed by atoms with Crippen molar-refractivity contribution in [3.63, 3.8) is 0 Å². The molecule has 0 fully saturated rings. The first-order chi connectivity index (χ1) is 14.1. The topological polar surface area (TPSA) is 79.3 Å². The number of likely N-dealkylation sites (N-methyl/N-ethyl adjacent to an activating group) is 1. The number of hydrogen-bond acceptors (Lipinski definition) is 4. The second kappa shape index (κ2) is 8.60. The van der Waals surface area contributed by atoms with E-state index in [1.165, 1.54) is 0 Å². The van der Waals surface area contributed by atoms with Crippen LogP contribution in [0.25, 0.3) is 11.4 Å². The van der Waals surface area contributed by atoms with E-state index in [4.69, 9.17) is 4.98 Å². The van der Waals surface area contributed by atoms with Crippen molar-refractivity contribution in [2.45, 2.75) is 59.8 Å². The van der Waals surface area contributed by atoms with Gasteiger partial charge in [0, 0.05) is 38.3 Å². The third-order valence-corrected chi connectivity index (χ3v) is 5.66. The van der Waals surface area contributed by atoms with Crippen LogP contribution in [0.2, 0.25) is 0 Å². The monoisotopic (exact) mass is 411 g/mol. The Balaban J connectivity index is 2.02. The summed E-state index contributed by atoms with van der Waals surface area (Å²) >= 11 is 0. The predicted octanol–water partition coefficient (Wildman–Crippen LogP) is 2.66. The first-order valence-corrected chi connectivity index (χ1v) is 10.5. The standard InChI is InChI=1S/C23H33N5O2/c1-15(2)27-12-13-28-17(14-27)18(25-20(28)16-10-8-7-9-11-16)21(29)26-19(22(30)24-6)23(3,4)5/h7-11,15,19H,12-14H2,1-6H3,(H,24,30)(H,26,29)/t19-/m1/s1. The number of imidazole rings is 1. The second-order valence-electron chi connectivity index (χ2n) is 9.20. The molecular weight excluding hydrogens is 378 g/mol. The van der Waals surface area contributed by atoms with Crippen molar-refractivity contribution >= 4 is 11.8 Å². The Labute approximate surface area is 178 Å². The summed E-state index contributed by atoms with van der Waals surface area (Å²) in [4.78, 5) is 32.9. The minimum atomic E-state index is -0.655. The van der Waals surface area contributed by atoms with Crippen molar-refractivity contribution in [2.24, 2.45) is 5.41 Å². The number of benzene rings is 1. The van der Waals surface area contributed by atoms with E-state index in [1.807, 2.05) is 51.1 Å². The lowest BCUT2D eigenvalue weighted by atomic mass is 9.86.